The van der Waals surface area contributed by atoms with Gasteiger partial charge in [-0.3, -0.25) is 4.79 Å². The molecule has 0 radical (unpaired) electrons. The van der Waals surface area contributed by atoms with Gasteiger partial charge in [0.05, 0.1) is 6.10 Å². The average Bonchev–Trinajstić information content (AvgIpc) is 3.36. The van der Waals surface area contributed by atoms with Crippen molar-refractivity contribution in [2.45, 2.75) is 113 Å². The smallest absolute Gasteiger partial charge is 0.341 e. The summed E-state index contributed by atoms with van der Waals surface area (Å²) in [5, 5.41) is 11.5. The summed E-state index contributed by atoms with van der Waals surface area (Å²) in [7, 11) is 0. The number of phenols is 1. The highest BCUT2D eigenvalue weighted by Crippen LogP contribution is 2.56. The number of rotatable bonds is 3. The predicted octanol–water partition coefficient (Wildman–Crippen LogP) is 5.56. The van der Waals surface area contributed by atoms with Crippen molar-refractivity contribution in [1.82, 2.24) is 4.98 Å². The van der Waals surface area contributed by atoms with Crippen LogP contribution in [-0.2, 0) is 19.7 Å². The van der Waals surface area contributed by atoms with Gasteiger partial charge in [-0.2, -0.15) is 0 Å². The van der Waals surface area contributed by atoms with E-state index in [0.29, 0.717) is 35.7 Å². The maximum absolute atomic E-state index is 14.1. The van der Waals surface area contributed by atoms with Gasteiger partial charge in [0.15, 0.2) is 11.0 Å². The zero-order chi connectivity index (χ0) is 29.4. The van der Waals surface area contributed by atoms with E-state index in [1.54, 1.807) is 19.2 Å². The lowest BCUT2D eigenvalue weighted by molar-refractivity contribution is -0.170. The van der Waals surface area contributed by atoms with Crippen LogP contribution >= 0.6 is 0 Å². The summed E-state index contributed by atoms with van der Waals surface area (Å²) in [4.78, 5) is 31.1. The number of hydrogen-bond donors (Lipinski definition) is 2. The Morgan fingerprint density at radius 1 is 1.07 bits per heavy atom. The third kappa shape index (κ3) is 4.19. The lowest BCUT2D eigenvalue weighted by atomic mass is 9.73. The number of aromatic nitrogens is 1. The summed E-state index contributed by atoms with van der Waals surface area (Å²) in [6.07, 6.45) is 8.65. The third-order valence-electron chi connectivity index (χ3n) is 10.2. The fraction of sp³-hybridized carbons (Fsp3) is 0.545. The molecule has 7 rings (SSSR count). The van der Waals surface area contributed by atoms with E-state index < -0.39 is 17.3 Å². The number of ether oxygens (including phenoxy) is 3. The molecule has 2 aromatic heterocycles. The van der Waals surface area contributed by atoms with Crippen LogP contribution in [0.15, 0.2) is 39.7 Å². The molecular formula is C33H38N2O7. The van der Waals surface area contributed by atoms with Gasteiger partial charge in [0.1, 0.15) is 45.8 Å². The van der Waals surface area contributed by atoms with E-state index in [2.05, 4.69) is 4.98 Å². The van der Waals surface area contributed by atoms with E-state index in [1.807, 2.05) is 26.0 Å². The molecule has 9 nitrogen and oxygen atoms in total. The van der Waals surface area contributed by atoms with Crippen molar-refractivity contribution < 1.29 is 28.5 Å². The third-order valence-corrected chi connectivity index (χ3v) is 10.2. The second-order valence-corrected chi connectivity index (χ2v) is 13.3. The molecule has 5 heterocycles. The van der Waals surface area contributed by atoms with E-state index >= 15 is 0 Å². The number of benzene rings is 1. The summed E-state index contributed by atoms with van der Waals surface area (Å²) in [6.45, 7) is 5.48. The largest absolute Gasteiger partial charge is 0.507 e. The molecule has 0 amide bonds. The Bertz CT molecular complexity index is 1640. The Hall–Kier alpha value is -3.59. The number of nitrogens with zero attached hydrogens (tertiary/aromatic N) is 1. The summed E-state index contributed by atoms with van der Waals surface area (Å²) in [5.74, 6) is 0.514. The number of aryl methyl sites for hydroxylation is 1. The van der Waals surface area contributed by atoms with Crippen molar-refractivity contribution in [3.63, 3.8) is 0 Å². The summed E-state index contributed by atoms with van der Waals surface area (Å²) >= 11 is 0. The molecule has 3 aliphatic heterocycles. The van der Waals surface area contributed by atoms with Gasteiger partial charge in [0, 0.05) is 29.8 Å². The van der Waals surface area contributed by atoms with E-state index in [4.69, 9.17) is 24.4 Å². The zero-order valence-electron chi connectivity index (χ0n) is 24.4. The summed E-state index contributed by atoms with van der Waals surface area (Å²) < 4.78 is 24.9. The van der Waals surface area contributed by atoms with Crippen LogP contribution in [0.2, 0.25) is 0 Å². The van der Waals surface area contributed by atoms with Crippen LogP contribution in [0.25, 0.3) is 11.0 Å². The van der Waals surface area contributed by atoms with Crippen LogP contribution < -0.4 is 15.9 Å². The predicted molar refractivity (Wildman–Crippen MR) is 156 cm³/mol. The van der Waals surface area contributed by atoms with Crippen molar-refractivity contribution in [3.8, 4) is 11.5 Å². The average molecular weight is 575 g/mol. The fourth-order valence-corrected chi connectivity index (χ4v) is 8.05. The van der Waals surface area contributed by atoms with E-state index in [-0.39, 0.29) is 45.6 Å². The van der Waals surface area contributed by atoms with Crippen molar-refractivity contribution >= 4 is 22.8 Å². The number of hydrogen-bond acceptors (Lipinski definition) is 9. The molecule has 3 N–H and O–H groups in total. The normalized spacial score (nSPS) is 29.5. The molecule has 1 spiro atoms. The van der Waals surface area contributed by atoms with Crippen molar-refractivity contribution in [2.24, 2.45) is 0 Å². The highest BCUT2D eigenvalue weighted by molar-refractivity contribution is 5.88. The fourth-order valence-electron chi connectivity index (χ4n) is 8.05. The van der Waals surface area contributed by atoms with Gasteiger partial charge in [-0.1, -0.05) is 19.3 Å². The molecule has 222 valence electrons. The minimum atomic E-state index is -0.997. The van der Waals surface area contributed by atoms with Gasteiger partial charge in [0.25, 0.3) is 0 Å². The van der Waals surface area contributed by atoms with Gasteiger partial charge >= 0.3 is 5.97 Å². The Balaban J connectivity index is 1.21. The first kappa shape index (κ1) is 27.3. The number of nitrogen functional groups attached to an aromatic ring is 1. The van der Waals surface area contributed by atoms with Gasteiger partial charge in [-0.05, 0) is 82.4 Å². The molecule has 9 heteroatoms. The number of pyridine rings is 1. The lowest BCUT2D eigenvalue weighted by Gasteiger charge is -2.44. The lowest BCUT2D eigenvalue weighted by Crippen LogP contribution is -2.52. The van der Waals surface area contributed by atoms with E-state index in [0.717, 1.165) is 50.5 Å². The maximum Gasteiger partial charge on any atom is 0.341 e. The molecule has 4 atom stereocenters. The van der Waals surface area contributed by atoms with Crippen molar-refractivity contribution in [1.29, 1.82) is 0 Å². The van der Waals surface area contributed by atoms with Crippen LogP contribution in [0, 0.1) is 6.92 Å². The number of epoxide rings is 1. The number of nitrogens with two attached hydrogens (primary N) is 1. The minimum Gasteiger partial charge on any atom is -0.507 e. The SMILES string of the molecule is Cc1cc(=O)c2c(O)c3c(cc2o1)OC(C)(C)C1OC(=O)C2(CCCCC31)OC2CC1(c2ccnc(N)c2)CCCC1. The molecule has 2 saturated heterocycles. The molecule has 0 bridgehead atoms. The molecule has 1 aromatic carbocycles. The van der Waals surface area contributed by atoms with Gasteiger partial charge in [0.2, 0.25) is 0 Å². The molecule has 3 fully saturated rings. The molecule has 42 heavy (non-hydrogen) atoms. The number of carbonyl (C=O) groups excluding carboxylic acids is 1. The maximum atomic E-state index is 14.1. The molecule has 4 aliphatic rings. The van der Waals surface area contributed by atoms with Crippen molar-refractivity contribution in [3.05, 3.63) is 57.6 Å². The summed E-state index contributed by atoms with van der Waals surface area (Å²) in [6, 6.07) is 7.05. The number of aromatic hydroxyl groups is 1. The van der Waals surface area contributed by atoms with E-state index in [1.165, 1.54) is 6.07 Å². The van der Waals surface area contributed by atoms with Gasteiger partial charge in [-0.15, -0.1) is 0 Å². The van der Waals surface area contributed by atoms with Crippen LogP contribution in [0.5, 0.6) is 11.5 Å². The van der Waals surface area contributed by atoms with Crippen molar-refractivity contribution in [2.75, 3.05) is 5.73 Å². The number of carbonyl (C=O) groups is 1. The number of fused-ring (bicyclic) bond motifs is 4. The standard InChI is InChI=1S/C33H38N2O7/c1-18-14-21(36)27-22(39-18)16-23-26(28(27)37)20-8-4-5-12-33(30(38)40-29(20)31(2,3)41-23)24(42-33)17-32(10-6-7-11-32)19-9-13-35-25(34)15-19/h9,13-16,20,24,29,37H,4-8,10-12,17H2,1-3H3,(H2,34,35). The first-order chi connectivity index (χ1) is 20.0. The number of anilines is 1. The minimum absolute atomic E-state index is 0.106. The first-order valence-corrected chi connectivity index (χ1v) is 15.1. The Morgan fingerprint density at radius 3 is 2.60 bits per heavy atom. The summed E-state index contributed by atoms with van der Waals surface area (Å²) in [5.41, 5.74) is 5.67. The molecule has 1 saturated carbocycles. The zero-order valence-corrected chi connectivity index (χ0v) is 24.4. The number of phenolic OH excluding ortho intramolecular Hbond substituents is 1. The second kappa shape index (κ2) is 9.46. The topological polar surface area (TPSA) is 137 Å². The highest BCUT2D eigenvalue weighted by Gasteiger charge is 2.66. The van der Waals surface area contributed by atoms with Crippen LogP contribution in [0.4, 0.5) is 5.82 Å². The Morgan fingerprint density at radius 2 is 1.83 bits per heavy atom. The Labute approximate surface area is 244 Å². The molecule has 4 unspecified atom stereocenters. The monoisotopic (exact) mass is 574 g/mol. The molecular weight excluding hydrogens is 536 g/mol. The van der Waals surface area contributed by atoms with Crippen LogP contribution in [-0.4, -0.2) is 39.5 Å². The van der Waals surface area contributed by atoms with Gasteiger partial charge in [-0.25, -0.2) is 9.78 Å². The highest BCUT2D eigenvalue weighted by atomic mass is 16.7. The number of esters is 1. The van der Waals surface area contributed by atoms with Crippen LogP contribution in [0.3, 0.4) is 0 Å². The molecule has 3 aromatic rings. The molecule has 1 aliphatic carbocycles. The second-order valence-electron chi connectivity index (χ2n) is 13.3. The van der Waals surface area contributed by atoms with Gasteiger partial charge < -0.3 is 29.5 Å². The van der Waals surface area contributed by atoms with Crippen LogP contribution in [0.1, 0.15) is 94.4 Å². The Kier molecular flexibility index (Phi) is 6.14. The first-order valence-electron chi connectivity index (χ1n) is 15.1. The van der Waals surface area contributed by atoms with E-state index in [9.17, 15) is 14.7 Å². The quantitative estimate of drug-likeness (QED) is 0.304.